The zero-order chi connectivity index (χ0) is 8.43. The average molecular weight is 229 g/mol. The van der Waals surface area contributed by atoms with Crippen molar-refractivity contribution in [1.29, 1.82) is 0 Å². The van der Waals surface area contributed by atoms with Gasteiger partial charge in [-0.15, -0.1) is 0 Å². The fraction of sp³-hybridized carbons (Fsp3) is 0.143. The lowest BCUT2D eigenvalue weighted by atomic mass is 10.2. The van der Waals surface area contributed by atoms with Gasteiger partial charge in [-0.2, -0.15) is 0 Å². The maximum Gasteiger partial charge on any atom is 0.134 e. The Morgan fingerprint density at radius 3 is 2.36 bits per heavy atom. The first-order valence-corrected chi connectivity index (χ1v) is 4.39. The maximum absolute atomic E-state index is 5.74. The highest BCUT2D eigenvalue weighted by molar-refractivity contribution is 6.45. The summed E-state index contributed by atoms with van der Waals surface area (Å²) in [5, 5.41) is 0.959. The van der Waals surface area contributed by atoms with Crippen LogP contribution in [0.3, 0.4) is 0 Å². The quantitative estimate of drug-likeness (QED) is 0.630. The summed E-state index contributed by atoms with van der Waals surface area (Å²) < 4.78 is 0. The molecule has 0 spiro atoms. The predicted molar refractivity (Wildman–Crippen MR) is 49.7 cm³/mol. The SMILES string of the molecule is Clc1c[c]c(C(Cl)Cl)c(Cl)c1. The van der Waals surface area contributed by atoms with Gasteiger partial charge in [-0.1, -0.05) is 46.4 Å². The summed E-state index contributed by atoms with van der Waals surface area (Å²) in [4.78, 5) is -0.653. The molecule has 4 heteroatoms. The van der Waals surface area contributed by atoms with Crippen molar-refractivity contribution in [2.24, 2.45) is 0 Å². The Bertz CT molecular complexity index is 257. The molecule has 0 saturated heterocycles. The summed E-state index contributed by atoms with van der Waals surface area (Å²) in [6.45, 7) is 0. The third-order valence-corrected chi connectivity index (χ3v) is 2.07. The summed E-state index contributed by atoms with van der Waals surface area (Å²) in [6, 6.07) is 5.92. The molecule has 1 aromatic carbocycles. The van der Waals surface area contributed by atoms with E-state index in [2.05, 4.69) is 6.07 Å². The predicted octanol–water partition coefficient (Wildman–Crippen LogP) is 4.27. The van der Waals surface area contributed by atoms with Crippen LogP contribution in [0.1, 0.15) is 10.4 Å². The number of hydrogen-bond acceptors (Lipinski definition) is 0. The Morgan fingerprint density at radius 1 is 1.27 bits per heavy atom. The minimum atomic E-state index is -0.653. The second-order valence-electron chi connectivity index (χ2n) is 1.88. The molecular formula is C7H3Cl4. The van der Waals surface area contributed by atoms with Gasteiger partial charge in [0.15, 0.2) is 0 Å². The minimum Gasteiger partial charge on any atom is -0.1000 e. The molecule has 0 aromatic heterocycles. The molecular weight excluding hydrogens is 226 g/mol. The molecule has 59 valence electrons. The Balaban J connectivity index is 3.09. The van der Waals surface area contributed by atoms with Gasteiger partial charge in [-0.25, -0.2) is 0 Å². The van der Waals surface area contributed by atoms with Gasteiger partial charge in [0.05, 0.1) is 0 Å². The molecule has 0 aliphatic rings. The monoisotopic (exact) mass is 227 g/mol. The lowest BCUT2D eigenvalue weighted by Crippen LogP contribution is -1.82. The highest BCUT2D eigenvalue weighted by atomic mass is 35.5. The van der Waals surface area contributed by atoms with Crippen LogP contribution < -0.4 is 0 Å². The molecule has 0 aliphatic carbocycles. The fourth-order valence-corrected chi connectivity index (χ4v) is 1.60. The van der Waals surface area contributed by atoms with Gasteiger partial charge in [0, 0.05) is 15.6 Å². The Morgan fingerprint density at radius 2 is 1.91 bits per heavy atom. The van der Waals surface area contributed by atoms with Gasteiger partial charge in [-0.05, 0) is 18.2 Å². The molecule has 0 aliphatic heterocycles. The summed E-state index contributed by atoms with van der Waals surface area (Å²) >= 11 is 22.5. The van der Waals surface area contributed by atoms with Crippen molar-refractivity contribution in [3.05, 3.63) is 33.8 Å². The lowest BCUT2D eigenvalue weighted by Gasteiger charge is -2.02. The highest BCUT2D eigenvalue weighted by Gasteiger charge is 2.08. The second kappa shape index (κ2) is 3.86. The molecule has 0 atom stereocenters. The van der Waals surface area contributed by atoms with Crippen LogP contribution in [0.25, 0.3) is 0 Å². The van der Waals surface area contributed by atoms with Crippen LogP contribution in [0.15, 0.2) is 12.1 Å². The molecule has 0 nitrogen and oxygen atoms in total. The lowest BCUT2D eigenvalue weighted by molar-refractivity contribution is 1.34. The average Bonchev–Trinajstić information content (AvgIpc) is 1.85. The van der Waals surface area contributed by atoms with Crippen LogP contribution in [-0.2, 0) is 0 Å². The van der Waals surface area contributed by atoms with E-state index in [0.717, 1.165) is 0 Å². The summed E-state index contributed by atoms with van der Waals surface area (Å²) in [7, 11) is 0. The molecule has 1 aromatic rings. The van der Waals surface area contributed by atoms with Gasteiger partial charge in [0.1, 0.15) is 4.84 Å². The summed E-state index contributed by atoms with van der Waals surface area (Å²) in [6.07, 6.45) is 0. The summed E-state index contributed by atoms with van der Waals surface area (Å²) in [5.74, 6) is 0. The van der Waals surface area contributed by atoms with Crippen molar-refractivity contribution in [1.82, 2.24) is 0 Å². The van der Waals surface area contributed by atoms with Gasteiger partial charge in [0.2, 0.25) is 0 Å². The second-order valence-corrected chi connectivity index (χ2v) is 3.82. The number of benzene rings is 1. The Hall–Kier alpha value is 0.380. The molecule has 0 bridgehead atoms. The van der Waals surface area contributed by atoms with Gasteiger partial charge in [-0.3, -0.25) is 0 Å². The van der Waals surface area contributed by atoms with Crippen molar-refractivity contribution in [2.75, 3.05) is 0 Å². The van der Waals surface area contributed by atoms with Crippen LogP contribution in [-0.4, -0.2) is 0 Å². The molecule has 0 unspecified atom stereocenters. The molecule has 0 fully saturated rings. The van der Waals surface area contributed by atoms with E-state index < -0.39 is 4.84 Å². The standard InChI is InChI=1S/C7H3Cl4/c8-4-1-2-5(7(10)11)6(9)3-4/h1,3,7H. The minimum absolute atomic E-state index is 0.438. The molecule has 1 rings (SSSR count). The maximum atomic E-state index is 5.74. The van der Waals surface area contributed by atoms with Crippen LogP contribution in [0.2, 0.25) is 10.0 Å². The molecule has 0 amide bonds. The third-order valence-electron chi connectivity index (χ3n) is 1.11. The van der Waals surface area contributed by atoms with E-state index in [1.54, 1.807) is 12.1 Å². The number of alkyl halides is 2. The molecule has 11 heavy (non-hydrogen) atoms. The van der Waals surface area contributed by atoms with Crippen molar-refractivity contribution >= 4 is 46.4 Å². The van der Waals surface area contributed by atoms with E-state index in [9.17, 15) is 0 Å². The first-order chi connectivity index (χ1) is 5.11. The van der Waals surface area contributed by atoms with Gasteiger partial charge < -0.3 is 0 Å². The van der Waals surface area contributed by atoms with Crippen LogP contribution in [0.5, 0.6) is 0 Å². The van der Waals surface area contributed by atoms with Gasteiger partial charge in [0.25, 0.3) is 0 Å². The molecule has 0 saturated carbocycles. The summed E-state index contributed by atoms with van der Waals surface area (Å²) in [5.41, 5.74) is 0.555. The molecule has 1 radical (unpaired) electrons. The number of halogens is 4. The first-order valence-electron chi connectivity index (χ1n) is 2.76. The van der Waals surface area contributed by atoms with E-state index in [4.69, 9.17) is 46.4 Å². The zero-order valence-corrected chi connectivity index (χ0v) is 8.27. The highest BCUT2D eigenvalue weighted by Crippen LogP contribution is 2.31. The fourth-order valence-electron chi connectivity index (χ4n) is 0.623. The molecule has 0 N–H and O–H groups in total. The van der Waals surface area contributed by atoms with E-state index in [0.29, 0.717) is 15.6 Å². The van der Waals surface area contributed by atoms with Crippen molar-refractivity contribution < 1.29 is 0 Å². The van der Waals surface area contributed by atoms with E-state index >= 15 is 0 Å². The van der Waals surface area contributed by atoms with Crippen molar-refractivity contribution in [3.63, 3.8) is 0 Å². The Kier molecular flexibility index (Phi) is 3.32. The largest absolute Gasteiger partial charge is 0.134 e. The smallest absolute Gasteiger partial charge is 0.1000 e. The van der Waals surface area contributed by atoms with E-state index in [-0.39, 0.29) is 0 Å². The van der Waals surface area contributed by atoms with E-state index in [1.807, 2.05) is 0 Å². The van der Waals surface area contributed by atoms with Crippen molar-refractivity contribution in [2.45, 2.75) is 4.84 Å². The van der Waals surface area contributed by atoms with Crippen LogP contribution >= 0.6 is 46.4 Å². The van der Waals surface area contributed by atoms with E-state index in [1.165, 1.54) is 0 Å². The zero-order valence-electron chi connectivity index (χ0n) is 5.24. The van der Waals surface area contributed by atoms with Crippen LogP contribution in [0.4, 0.5) is 0 Å². The van der Waals surface area contributed by atoms with Crippen molar-refractivity contribution in [3.8, 4) is 0 Å². The van der Waals surface area contributed by atoms with Gasteiger partial charge >= 0.3 is 0 Å². The normalized spacial score (nSPS) is 10.6. The number of rotatable bonds is 1. The topological polar surface area (TPSA) is 0 Å². The molecule has 0 heterocycles. The van der Waals surface area contributed by atoms with Crippen LogP contribution in [0, 0.1) is 6.07 Å². The first kappa shape index (κ1) is 9.47. The third kappa shape index (κ3) is 2.41. The number of hydrogen-bond donors (Lipinski definition) is 0. The Labute approximate surface area is 85.0 Å².